The largest absolute Gasteiger partial charge is 0.484 e. The lowest BCUT2D eigenvalue weighted by molar-refractivity contribution is -0.123. The van der Waals surface area contributed by atoms with E-state index in [1.807, 2.05) is 49.4 Å². The maximum absolute atomic E-state index is 12.2. The summed E-state index contributed by atoms with van der Waals surface area (Å²) in [6.07, 6.45) is 3.03. The summed E-state index contributed by atoms with van der Waals surface area (Å²) < 4.78 is 5.57. The van der Waals surface area contributed by atoms with Crippen molar-refractivity contribution in [1.82, 2.24) is 5.32 Å². The second-order valence-corrected chi connectivity index (χ2v) is 6.08. The third-order valence-corrected chi connectivity index (χ3v) is 4.18. The molecule has 1 amide bonds. The third-order valence-electron chi connectivity index (χ3n) is 4.18. The van der Waals surface area contributed by atoms with Crippen LogP contribution in [0.4, 0.5) is 5.69 Å². The van der Waals surface area contributed by atoms with Gasteiger partial charge in [0.2, 0.25) is 0 Å². The summed E-state index contributed by atoms with van der Waals surface area (Å²) >= 11 is 0. The number of carbonyl (C=O) groups excluding carboxylic acids is 1. The van der Waals surface area contributed by atoms with Gasteiger partial charge in [-0.3, -0.25) is 4.79 Å². The number of hydrogen-bond donors (Lipinski definition) is 2. The van der Waals surface area contributed by atoms with E-state index < -0.39 is 0 Å². The van der Waals surface area contributed by atoms with Gasteiger partial charge in [-0.1, -0.05) is 18.2 Å². The van der Waals surface area contributed by atoms with Crippen molar-refractivity contribution in [2.24, 2.45) is 0 Å². The van der Waals surface area contributed by atoms with E-state index in [1.54, 1.807) is 0 Å². The lowest BCUT2D eigenvalue weighted by atomic mass is 9.87. The van der Waals surface area contributed by atoms with Crippen LogP contribution >= 0.6 is 12.4 Å². The molecule has 0 radical (unpaired) electrons. The Morgan fingerprint density at radius 1 is 1.29 bits per heavy atom. The highest BCUT2D eigenvalue weighted by Gasteiger charge is 2.21. The molecule has 1 aliphatic carbocycles. The Balaban J connectivity index is 0.00000208. The van der Waals surface area contributed by atoms with Crippen LogP contribution in [0.2, 0.25) is 0 Å². The lowest BCUT2D eigenvalue weighted by Crippen LogP contribution is -2.34. The van der Waals surface area contributed by atoms with Crippen LogP contribution in [-0.2, 0) is 11.2 Å². The molecule has 0 saturated heterocycles. The number of aryl methyl sites for hydroxylation is 2. The number of ether oxygens (including phenoxy) is 1. The molecule has 3 rings (SSSR count). The van der Waals surface area contributed by atoms with Crippen molar-refractivity contribution in [2.75, 3.05) is 12.3 Å². The maximum atomic E-state index is 12.2. The molecule has 128 valence electrons. The Morgan fingerprint density at radius 2 is 2.12 bits per heavy atom. The van der Waals surface area contributed by atoms with Crippen LogP contribution in [0.3, 0.4) is 0 Å². The van der Waals surface area contributed by atoms with Gasteiger partial charge in [0.15, 0.2) is 6.61 Å². The van der Waals surface area contributed by atoms with Gasteiger partial charge in [-0.2, -0.15) is 0 Å². The molecule has 2 aromatic rings. The number of nitrogens with one attached hydrogen (secondary N) is 1. The summed E-state index contributed by atoms with van der Waals surface area (Å²) in [5.74, 6) is 0.623. The average Bonchev–Trinajstić information content (AvgIpc) is 2.53. The van der Waals surface area contributed by atoms with Crippen LogP contribution in [0.15, 0.2) is 42.5 Å². The smallest absolute Gasteiger partial charge is 0.258 e. The van der Waals surface area contributed by atoms with Crippen molar-refractivity contribution >= 4 is 24.0 Å². The summed E-state index contributed by atoms with van der Waals surface area (Å²) in [6, 6.07) is 13.7. The summed E-state index contributed by atoms with van der Waals surface area (Å²) in [6.45, 7) is 2.03. The highest BCUT2D eigenvalue weighted by Crippen LogP contribution is 2.30. The molecule has 0 aliphatic heterocycles. The van der Waals surface area contributed by atoms with Crippen LogP contribution in [0, 0.1) is 6.92 Å². The number of benzene rings is 2. The Bertz CT molecular complexity index is 718. The van der Waals surface area contributed by atoms with E-state index in [-0.39, 0.29) is 31.0 Å². The molecule has 4 nitrogen and oxygen atoms in total. The molecule has 1 unspecified atom stereocenters. The van der Waals surface area contributed by atoms with Crippen LogP contribution in [-0.4, -0.2) is 12.5 Å². The zero-order chi connectivity index (χ0) is 16.2. The molecule has 0 heterocycles. The highest BCUT2D eigenvalue weighted by molar-refractivity contribution is 5.85. The average molecular weight is 347 g/mol. The molecular weight excluding hydrogens is 324 g/mol. The first-order valence-corrected chi connectivity index (χ1v) is 7.99. The number of carbonyl (C=O) groups is 1. The van der Waals surface area contributed by atoms with Gasteiger partial charge in [0, 0.05) is 5.69 Å². The molecule has 3 N–H and O–H groups in total. The van der Waals surface area contributed by atoms with E-state index in [4.69, 9.17) is 10.5 Å². The Morgan fingerprint density at radius 3 is 2.92 bits per heavy atom. The van der Waals surface area contributed by atoms with Gasteiger partial charge in [-0.05, 0) is 67.1 Å². The first-order valence-electron chi connectivity index (χ1n) is 7.99. The van der Waals surface area contributed by atoms with Gasteiger partial charge < -0.3 is 15.8 Å². The van der Waals surface area contributed by atoms with Crippen LogP contribution in [0.5, 0.6) is 5.75 Å². The second kappa shape index (κ2) is 8.06. The van der Waals surface area contributed by atoms with Crippen LogP contribution < -0.4 is 15.8 Å². The predicted molar refractivity (Wildman–Crippen MR) is 98.6 cm³/mol. The molecule has 0 fully saturated rings. The first-order chi connectivity index (χ1) is 11.1. The fourth-order valence-electron chi connectivity index (χ4n) is 3.07. The van der Waals surface area contributed by atoms with E-state index in [9.17, 15) is 4.79 Å². The number of amides is 1. The molecule has 0 saturated carbocycles. The maximum Gasteiger partial charge on any atom is 0.258 e. The van der Waals surface area contributed by atoms with Gasteiger partial charge in [0.25, 0.3) is 5.91 Å². The molecule has 0 aromatic heterocycles. The van der Waals surface area contributed by atoms with Crippen molar-refractivity contribution < 1.29 is 9.53 Å². The molecule has 2 aromatic carbocycles. The minimum absolute atomic E-state index is 0. The molecule has 1 atom stereocenters. The second-order valence-electron chi connectivity index (χ2n) is 6.08. The highest BCUT2D eigenvalue weighted by atomic mass is 35.5. The summed E-state index contributed by atoms with van der Waals surface area (Å²) in [7, 11) is 0. The fraction of sp³-hybridized carbons (Fsp3) is 0.316. The number of nitrogen functional groups attached to an aromatic ring is 1. The summed E-state index contributed by atoms with van der Waals surface area (Å²) in [4.78, 5) is 12.2. The predicted octanol–water partition coefficient (Wildman–Crippen LogP) is 3.57. The quantitative estimate of drug-likeness (QED) is 0.832. The molecule has 0 spiro atoms. The Hall–Kier alpha value is -2.20. The monoisotopic (exact) mass is 346 g/mol. The number of halogens is 1. The van der Waals surface area contributed by atoms with Gasteiger partial charge in [-0.15, -0.1) is 12.4 Å². The lowest BCUT2D eigenvalue weighted by Gasteiger charge is -2.26. The summed E-state index contributed by atoms with van der Waals surface area (Å²) in [5, 5.41) is 3.07. The van der Waals surface area contributed by atoms with E-state index >= 15 is 0 Å². The Labute approximate surface area is 148 Å². The summed E-state index contributed by atoms with van der Waals surface area (Å²) in [5.41, 5.74) is 10.1. The van der Waals surface area contributed by atoms with Crippen molar-refractivity contribution in [3.05, 3.63) is 59.2 Å². The van der Waals surface area contributed by atoms with E-state index in [0.717, 1.165) is 36.3 Å². The Kier molecular flexibility index (Phi) is 6.10. The normalized spacial score (nSPS) is 15.8. The SMILES string of the molecule is Cc1cccc(OCC(=O)NC2CCCc3cc(N)ccc32)c1.Cl. The zero-order valence-corrected chi connectivity index (χ0v) is 14.6. The molecular formula is C19H23ClN2O2. The standard InChI is InChI=1S/C19H22N2O2.ClH/c1-13-4-2-6-16(10-13)23-12-19(22)21-18-7-3-5-14-11-15(20)8-9-17(14)18;/h2,4,6,8-11,18H,3,5,7,12,20H2,1H3,(H,21,22);1H. The number of hydrogen-bond acceptors (Lipinski definition) is 3. The molecule has 1 aliphatic rings. The minimum Gasteiger partial charge on any atom is -0.484 e. The van der Waals surface area contributed by atoms with Crippen molar-refractivity contribution in [3.63, 3.8) is 0 Å². The third kappa shape index (κ3) is 4.42. The molecule has 24 heavy (non-hydrogen) atoms. The first kappa shape index (κ1) is 18.1. The van der Waals surface area contributed by atoms with E-state index in [0.29, 0.717) is 0 Å². The van der Waals surface area contributed by atoms with Crippen LogP contribution in [0.25, 0.3) is 0 Å². The van der Waals surface area contributed by atoms with Crippen molar-refractivity contribution in [2.45, 2.75) is 32.2 Å². The van der Waals surface area contributed by atoms with E-state index in [1.165, 1.54) is 11.1 Å². The number of fused-ring (bicyclic) bond motifs is 1. The topological polar surface area (TPSA) is 64.3 Å². The number of anilines is 1. The van der Waals surface area contributed by atoms with Gasteiger partial charge >= 0.3 is 0 Å². The van der Waals surface area contributed by atoms with Gasteiger partial charge in [0.1, 0.15) is 5.75 Å². The molecule has 5 heteroatoms. The van der Waals surface area contributed by atoms with Crippen molar-refractivity contribution in [3.8, 4) is 5.75 Å². The number of nitrogens with two attached hydrogens (primary N) is 1. The fourth-order valence-corrected chi connectivity index (χ4v) is 3.07. The zero-order valence-electron chi connectivity index (χ0n) is 13.7. The van der Waals surface area contributed by atoms with Gasteiger partial charge in [0.05, 0.1) is 6.04 Å². The van der Waals surface area contributed by atoms with Crippen LogP contribution in [0.1, 0.15) is 35.6 Å². The molecule has 0 bridgehead atoms. The van der Waals surface area contributed by atoms with Crippen molar-refractivity contribution in [1.29, 1.82) is 0 Å². The number of rotatable bonds is 4. The minimum atomic E-state index is -0.0961. The van der Waals surface area contributed by atoms with E-state index in [2.05, 4.69) is 5.32 Å². The van der Waals surface area contributed by atoms with Gasteiger partial charge in [-0.25, -0.2) is 0 Å².